The van der Waals surface area contributed by atoms with Gasteiger partial charge in [0.2, 0.25) is 5.91 Å². The van der Waals surface area contributed by atoms with Crippen molar-refractivity contribution in [3.8, 4) is 0 Å². The van der Waals surface area contributed by atoms with Gasteiger partial charge in [-0.3, -0.25) is 4.79 Å². The summed E-state index contributed by atoms with van der Waals surface area (Å²) in [5, 5.41) is 5.72. The molecule has 2 aromatic rings. The highest BCUT2D eigenvalue weighted by Crippen LogP contribution is 2.12. The molecular weight excluding hydrogens is 271 g/mol. The first kappa shape index (κ1) is 15.0. The molecule has 0 bridgehead atoms. The third-order valence-corrected chi connectivity index (χ3v) is 2.82. The van der Waals surface area contributed by atoms with Crippen molar-refractivity contribution in [1.29, 1.82) is 0 Å². The minimum Gasteiger partial charge on any atom is -0.380 e. The minimum atomic E-state index is -0.332. The predicted molar refractivity (Wildman–Crippen MR) is 80.7 cm³/mol. The topological polar surface area (TPSA) is 50.4 Å². The highest BCUT2D eigenvalue weighted by Gasteiger charge is 2.03. The Morgan fingerprint density at radius 1 is 1.14 bits per heavy atom. The number of halogens is 1. The molecule has 0 unspecified atom stereocenters. The van der Waals surface area contributed by atoms with E-state index in [0.717, 1.165) is 11.3 Å². The van der Waals surface area contributed by atoms with Gasteiger partial charge in [-0.05, 0) is 42.0 Å². The molecule has 21 heavy (non-hydrogen) atoms. The Hall–Kier alpha value is -2.40. The smallest absolute Gasteiger partial charge is 0.243 e. The van der Waals surface area contributed by atoms with Gasteiger partial charge in [-0.15, -0.1) is 0 Å². The number of carbonyl (C=O) groups is 1. The number of methoxy groups -OCH3 is 1. The zero-order chi connectivity index (χ0) is 15.1. The second-order valence-electron chi connectivity index (χ2n) is 4.54. The van der Waals surface area contributed by atoms with Crippen LogP contribution < -0.4 is 10.6 Å². The average Bonchev–Trinajstić information content (AvgIpc) is 2.48. The SMILES string of the molecule is COCc1cccc(NCC(=O)Nc2ccc(F)cc2)c1. The molecule has 0 fully saturated rings. The van der Waals surface area contributed by atoms with Crippen LogP contribution in [0.2, 0.25) is 0 Å². The lowest BCUT2D eigenvalue weighted by molar-refractivity contribution is -0.114. The van der Waals surface area contributed by atoms with Gasteiger partial charge < -0.3 is 15.4 Å². The molecule has 5 heteroatoms. The predicted octanol–water partition coefficient (Wildman–Crippen LogP) is 3.02. The van der Waals surface area contributed by atoms with Crippen LogP contribution in [-0.4, -0.2) is 19.6 Å². The molecule has 1 amide bonds. The van der Waals surface area contributed by atoms with E-state index in [0.29, 0.717) is 12.3 Å². The Labute approximate surface area is 122 Å². The quantitative estimate of drug-likeness (QED) is 0.859. The highest BCUT2D eigenvalue weighted by atomic mass is 19.1. The van der Waals surface area contributed by atoms with Gasteiger partial charge in [0.25, 0.3) is 0 Å². The molecule has 0 radical (unpaired) electrons. The van der Waals surface area contributed by atoms with Crippen LogP contribution in [0.4, 0.5) is 15.8 Å². The number of benzene rings is 2. The van der Waals surface area contributed by atoms with Crippen molar-refractivity contribution in [2.24, 2.45) is 0 Å². The number of carbonyl (C=O) groups excluding carboxylic acids is 1. The lowest BCUT2D eigenvalue weighted by atomic mass is 10.2. The van der Waals surface area contributed by atoms with Crippen LogP contribution in [0.5, 0.6) is 0 Å². The van der Waals surface area contributed by atoms with Crippen LogP contribution in [0.3, 0.4) is 0 Å². The first-order valence-corrected chi connectivity index (χ1v) is 6.54. The average molecular weight is 288 g/mol. The van der Waals surface area contributed by atoms with E-state index in [1.165, 1.54) is 24.3 Å². The Kier molecular flexibility index (Phi) is 5.29. The van der Waals surface area contributed by atoms with Crippen LogP contribution in [0, 0.1) is 5.82 Å². The van der Waals surface area contributed by atoms with Crippen molar-refractivity contribution in [3.05, 3.63) is 59.9 Å². The molecule has 0 aromatic heterocycles. The fraction of sp³-hybridized carbons (Fsp3) is 0.188. The summed E-state index contributed by atoms with van der Waals surface area (Å²) in [6.45, 7) is 0.658. The van der Waals surface area contributed by atoms with E-state index >= 15 is 0 Å². The Balaban J connectivity index is 1.86. The maximum Gasteiger partial charge on any atom is 0.243 e. The molecule has 0 spiro atoms. The molecule has 0 aliphatic carbocycles. The van der Waals surface area contributed by atoms with Gasteiger partial charge in [0, 0.05) is 18.5 Å². The number of nitrogens with one attached hydrogen (secondary N) is 2. The maximum atomic E-state index is 12.8. The van der Waals surface area contributed by atoms with Gasteiger partial charge in [0.1, 0.15) is 5.82 Å². The first-order chi connectivity index (χ1) is 10.2. The van der Waals surface area contributed by atoms with Crippen molar-refractivity contribution in [3.63, 3.8) is 0 Å². The molecule has 110 valence electrons. The Bertz CT molecular complexity index is 599. The molecule has 0 aliphatic heterocycles. The van der Waals surface area contributed by atoms with E-state index < -0.39 is 0 Å². The second-order valence-corrected chi connectivity index (χ2v) is 4.54. The number of rotatable bonds is 6. The molecule has 0 aliphatic rings. The van der Waals surface area contributed by atoms with Crippen LogP contribution >= 0.6 is 0 Å². The number of amides is 1. The van der Waals surface area contributed by atoms with Crippen LogP contribution in [-0.2, 0) is 16.1 Å². The largest absolute Gasteiger partial charge is 0.380 e. The molecule has 0 atom stereocenters. The number of hydrogen-bond donors (Lipinski definition) is 2. The molecule has 2 rings (SSSR count). The Morgan fingerprint density at radius 2 is 1.90 bits per heavy atom. The third kappa shape index (κ3) is 4.89. The summed E-state index contributed by atoms with van der Waals surface area (Å²) in [5.74, 6) is -0.528. The summed E-state index contributed by atoms with van der Waals surface area (Å²) < 4.78 is 17.8. The summed E-state index contributed by atoms with van der Waals surface area (Å²) in [4.78, 5) is 11.8. The number of hydrogen-bond acceptors (Lipinski definition) is 3. The molecule has 4 nitrogen and oxygen atoms in total. The van der Waals surface area contributed by atoms with Gasteiger partial charge in [0.05, 0.1) is 13.2 Å². The monoisotopic (exact) mass is 288 g/mol. The van der Waals surface area contributed by atoms with Gasteiger partial charge in [-0.1, -0.05) is 12.1 Å². The van der Waals surface area contributed by atoms with Crippen LogP contribution in [0.25, 0.3) is 0 Å². The van der Waals surface area contributed by atoms with Crippen molar-refractivity contribution in [2.45, 2.75) is 6.61 Å². The van der Waals surface area contributed by atoms with Crippen LogP contribution in [0.15, 0.2) is 48.5 Å². The summed E-state index contributed by atoms with van der Waals surface area (Å²) >= 11 is 0. The van der Waals surface area contributed by atoms with E-state index in [1.807, 2.05) is 24.3 Å². The zero-order valence-electron chi connectivity index (χ0n) is 11.7. The first-order valence-electron chi connectivity index (χ1n) is 6.54. The van der Waals surface area contributed by atoms with Crippen molar-refractivity contribution in [2.75, 3.05) is 24.3 Å². The maximum absolute atomic E-state index is 12.8. The molecule has 0 saturated carbocycles. The molecule has 2 aromatic carbocycles. The molecular formula is C16H17FN2O2. The number of anilines is 2. The Morgan fingerprint density at radius 3 is 2.62 bits per heavy atom. The normalized spacial score (nSPS) is 10.2. The van der Waals surface area contributed by atoms with Crippen LogP contribution in [0.1, 0.15) is 5.56 Å². The fourth-order valence-electron chi connectivity index (χ4n) is 1.86. The molecule has 2 N–H and O–H groups in total. The molecule has 0 heterocycles. The summed E-state index contributed by atoms with van der Waals surface area (Å²) in [6.07, 6.45) is 0. The van der Waals surface area contributed by atoms with Gasteiger partial charge in [0.15, 0.2) is 0 Å². The zero-order valence-corrected chi connectivity index (χ0v) is 11.7. The van der Waals surface area contributed by atoms with E-state index in [-0.39, 0.29) is 18.3 Å². The molecule has 0 saturated heterocycles. The second kappa shape index (κ2) is 7.40. The van der Waals surface area contributed by atoms with Gasteiger partial charge in [-0.2, -0.15) is 0 Å². The fourth-order valence-corrected chi connectivity index (χ4v) is 1.86. The van der Waals surface area contributed by atoms with E-state index in [9.17, 15) is 9.18 Å². The van der Waals surface area contributed by atoms with E-state index in [1.54, 1.807) is 7.11 Å². The van der Waals surface area contributed by atoms with Crippen molar-refractivity contribution in [1.82, 2.24) is 0 Å². The summed E-state index contributed by atoms with van der Waals surface area (Å²) in [5.41, 5.74) is 2.44. The van der Waals surface area contributed by atoms with Crippen molar-refractivity contribution < 1.29 is 13.9 Å². The summed E-state index contributed by atoms with van der Waals surface area (Å²) in [6, 6.07) is 13.3. The van der Waals surface area contributed by atoms with E-state index in [2.05, 4.69) is 10.6 Å². The van der Waals surface area contributed by atoms with Gasteiger partial charge >= 0.3 is 0 Å². The van der Waals surface area contributed by atoms with E-state index in [4.69, 9.17) is 4.74 Å². The lowest BCUT2D eigenvalue weighted by Gasteiger charge is -2.09. The minimum absolute atomic E-state index is 0.133. The van der Waals surface area contributed by atoms with Crippen molar-refractivity contribution >= 4 is 17.3 Å². The highest BCUT2D eigenvalue weighted by molar-refractivity contribution is 5.93. The summed E-state index contributed by atoms with van der Waals surface area (Å²) in [7, 11) is 1.64. The van der Waals surface area contributed by atoms with Gasteiger partial charge in [-0.25, -0.2) is 4.39 Å². The lowest BCUT2D eigenvalue weighted by Crippen LogP contribution is -2.21. The third-order valence-electron chi connectivity index (χ3n) is 2.82. The standard InChI is InChI=1S/C16H17FN2O2/c1-21-11-12-3-2-4-15(9-12)18-10-16(20)19-14-7-5-13(17)6-8-14/h2-9,18H,10-11H2,1H3,(H,19,20). The number of ether oxygens (including phenoxy) is 1.